The molecule has 1 aromatic carbocycles. The topological polar surface area (TPSA) is 46.2 Å². The first-order valence-corrected chi connectivity index (χ1v) is 9.19. The lowest BCUT2D eigenvalue weighted by molar-refractivity contribution is 0.293. The van der Waals surface area contributed by atoms with Crippen LogP contribution >= 0.6 is 12.4 Å². The minimum Gasteiger partial charge on any atom is -0.488 e. The number of nitrogens with one attached hydrogen (secondary N) is 2. The number of rotatable bonds is 6. The Bertz CT molecular complexity index is 771. The Kier molecular flexibility index (Phi) is 6.63. The number of halogens is 3. The number of ether oxygens (including phenoxy) is 1. The molecule has 2 N–H and O–H groups in total. The first kappa shape index (κ1) is 20.0. The van der Waals surface area contributed by atoms with Gasteiger partial charge in [-0.05, 0) is 56.1 Å². The molecule has 4 nitrogen and oxygen atoms in total. The minimum atomic E-state index is -0.553. The van der Waals surface area contributed by atoms with Crippen molar-refractivity contribution >= 4 is 12.4 Å². The molecule has 0 spiro atoms. The number of aromatic nitrogens is 1. The third-order valence-corrected chi connectivity index (χ3v) is 5.17. The number of piperidine rings is 1. The van der Waals surface area contributed by atoms with E-state index in [1.54, 1.807) is 18.2 Å². The van der Waals surface area contributed by atoms with Gasteiger partial charge in [-0.3, -0.25) is 0 Å². The lowest BCUT2D eigenvalue weighted by atomic mass is 10.1. The van der Waals surface area contributed by atoms with Crippen LogP contribution in [0, 0.1) is 11.8 Å². The molecular formula is C20H24ClF2N3O. The summed E-state index contributed by atoms with van der Waals surface area (Å²) in [7, 11) is 0. The first-order chi connectivity index (χ1) is 12.7. The Balaban J connectivity index is 0.00000210. The van der Waals surface area contributed by atoms with Gasteiger partial charge >= 0.3 is 0 Å². The van der Waals surface area contributed by atoms with Crippen LogP contribution in [0.15, 0.2) is 36.5 Å². The molecule has 2 fully saturated rings. The summed E-state index contributed by atoms with van der Waals surface area (Å²) in [6, 6.07) is 8.88. The largest absolute Gasteiger partial charge is 0.488 e. The van der Waals surface area contributed by atoms with Crippen LogP contribution in [-0.4, -0.2) is 30.2 Å². The average Bonchev–Trinajstić information content (AvgIpc) is 3.41. The van der Waals surface area contributed by atoms with Gasteiger partial charge in [0, 0.05) is 35.8 Å². The summed E-state index contributed by atoms with van der Waals surface area (Å²) in [6.07, 6.45) is 4.69. The van der Waals surface area contributed by atoms with Gasteiger partial charge in [0.05, 0.1) is 0 Å². The van der Waals surface area contributed by atoms with Gasteiger partial charge < -0.3 is 15.4 Å². The Morgan fingerprint density at radius 3 is 2.78 bits per heavy atom. The van der Waals surface area contributed by atoms with Gasteiger partial charge in [0.25, 0.3) is 0 Å². The Morgan fingerprint density at radius 1 is 1.19 bits per heavy atom. The van der Waals surface area contributed by atoms with Crippen molar-refractivity contribution in [2.24, 2.45) is 0 Å². The van der Waals surface area contributed by atoms with Gasteiger partial charge in [0.2, 0.25) is 5.95 Å². The van der Waals surface area contributed by atoms with E-state index in [4.69, 9.17) is 4.74 Å². The molecule has 2 unspecified atom stereocenters. The zero-order valence-corrected chi connectivity index (χ0v) is 15.8. The molecule has 1 saturated heterocycles. The average molecular weight is 396 g/mol. The Morgan fingerprint density at radius 2 is 2.00 bits per heavy atom. The van der Waals surface area contributed by atoms with E-state index in [1.165, 1.54) is 18.3 Å². The molecule has 4 rings (SSSR count). The van der Waals surface area contributed by atoms with E-state index >= 15 is 0 Å². The van der Waals surface area contributed by atoms with Gasteiger partial charge in [-0.25, -0.2) is 9.37 Å². The van der Waals surface area contributed by atoms with Crippen LogP contribution in [0.25, 0.3) is 0 Å². The van der Waals surface area contributed by atoms with Crippen LogP contribution in [0.4, 0.5) is 8.78 Å². The van der Waals surface area contributed by atoms with Crippen molar-refractivity contribution in [2.45, 2.75) is 43.9 Å². The van der Waals surface area contributed by atoms with Gasteiger partial charge in [0.1, 0.15) is 18.2 Å². The van der Waals surface area contributed by atoms with Crippen molar-refractivity contribution in [1.29, 1.82) is 0 Å². The third kappa shape index (κ3) is 4.94. The molecule has 2 aromatic rings. The monoisotopic (exact) mass is 395 g/mol. The van der Waals surface area contributed by atoms with Gasteiger partial charge in [-0.1, -0.05) is 6.07 Å². The smallest absolute Gasteiger partial charge is 0.219 e. The van der Waals surface area contributed by atoms with Crippen molar-refractivity contribution in [3.8, 4) is 5.75 Å². The van der Waals surface area contributed by atoms with Crippen LogP contribution < -0.4 is 15.4 Å². The maximum Gasteiger partial charge on any atom is 0.219 e. The molecule has 0 amide bonds. The van der Waals surface area contributed by atoms with E-state index < -0.39 is 5.95 Å². The molecule has 27 heavy (non-hydrogen) atoms. The highest BCUT2D eigenvalue weighted by Gasteiger charge is 2.41. The van der Waals surface area contributed by atoms with Gasteiger partial charge in [-0.2, -0.15) is 4.39 Å². The molecule has 1 aliphatic heterocycles. The van der Waals surface area contributed by atoms with Crippen molar-refractivity contribution < 1.29 is 13.5 Å². The highest BCUT2D eigenvalue weighted by Crippen LogP contribution is 2.45. The maximum absolute atomic E-state index is 13.7. The molecule has 146 valence electrons. The van der Waals surface area contributed by atoms with E-state index in [9.17, 15) is 8.78 Å². The van der Waals surface area contributed by atoms with E-state index in [1.807, 2.05) is 0 Å². The summed E-state index contributed by atoms with van der Waals surface area (Å²) in [4.78, 5) is 3.62. The predicted molar refractivity (Wildman–Crippen MR) is 102 cm³/mol. The molecular weight excluding hydrogens is 372 g/mol. The highest BCUT2D eigenvalue weighted by molar-refractivity contribution is 5.85. The molecule has 0 bridgehead atoms. The normalized spacial score (nSPS) is 22.1. The summed E-state index contributed by atoms with van der Waals surface area (Å²) >= 11 is 0. The summed E-state index contributed by atoms with van der Waals surface area (Å²) in [5, 5.41) is 7.07. The number of hydrogen-bond donors (Lipinski definition) is 2. The van der Waals surface area contributed by atoms with E-state index in [0.717, 1.165) is 37.9 Å². The number of nitrogens with zero attached hydrogens (tertiary/aromatic N) is 1. The Labute approximate surface area is 164 Å². The van der Waals surface area contributed by atoms with Crippen molar-refractivity contribution in [3.05, 3.63) is 59.4 Å². The molecule has 1 aliphatic carbocycles. The maximum atomic E-state index is 13.7. The SMILES string of the molecule is Cl.Fc1ccc(C2CC2NC2CCNCC2)c(OCc2cccnc2F)c1. The van der Waals surface area contributed by atoms with Crippen LogP contribution in [0.1, 0.15) is 36.3 Å². The van der Waals surface area contributed by atoms with Crippen molar-refractivity contribution in [2.75, 3.05) is 13.1 Å². The fourth-order valence-electron chi connectivity index (χ4n) is 3.64. The molecule has 2 atom stereocenters. The van der Waals surface area contributed by atoms with Crippen molar-refractivity contribution in [1.82, 2.24) is 15.6 Å². The number of hydrogen-bond acceptors (Lipinski definition) is 4. The zero-order chi connectivity index (χ0) is 17.9. The molecule has 7 heteroatoms. The fourth-order valence-corrected chi connectivity index (χ4v) is 3.64. The van der Waals surface area contributed by atoms with E-state index in [2.05, 4.69) is 15.6 Å². The quantitative estimate of drug-likeness (QED) is 0.734. The van der Waals surface area contributed by atoms with Gasteiger partial charge in [0.15, 0.2) is 0 Å². The second kappa shape index (κ2) is 8.95. The molecule has 1 saturated carbocycles. The molecule has 2 aliphatic rings. The molecule has 2 heterocycles. The lowest BCUT2D eigenvalue weighted by Gasteiger charge is -2.24. The lowest BCUT2D eigenvalue weighted by Crippen LogP contribution is -2.41. The number of pyridine rings is 1. The van der Waals surface area contributed by atoms with Crippen LogP contribution in [0.3, 0.4) is 0 Å². The van der Waals surface area contributed by atoms with Crippen LogP contribution in [0.2, 0.25) is 0 Å². The summed E-state index contributed by atoms with van der Waals surface area (Å²) < 4.78 is 33.2. The van der Waals surface area contributed by atoms with E-state index in [0.29, 0.717) is 29.3 Å². The van der Waals surface area contributed by atoms with E-state index in [-0.39, 0.29) is 24.8 Å². The van der Waals surface area contributed by atoms with Crippen LogP contribution in [0.5, 0.6) is 5.75 Å². The van der Waals surface area contributed by atoms with Crippen molar-refractivity contribution in [3.63, 3.8) is 0 Å². The zero-order valence-electron chi connectivity index (χ0n) is 15.0. The fraction of sp³-hybridized carbons (Fsp3) is 0.450. The second-order valence-corrected chi connectivity index (χ2v) is 7.06. The standard InChI is InChI=1S/C20H23F2N3O.ClH/c21-14-3-4-16(17-11-18(17)25-15-5-8-23-9-6-15)19(10-14)26-12-13-2-1-7-24-20(13)22;/h1-4,7,10,15,17-18,23,25H,5-6,8-9,11-12H2;1H. The number of benzene rings is 1. The molecule has 1 aromatic heterocycles. The highest BCUT2D eigenvalue weighted by atomic mass is 35.5. The van der Waals surface area contributed by atoms with Crippen LogP contribution in [-0.2, 0) is 6.61 Å². The third-order valence-electron chi connectivity index (χ3n) is 5.17. The summed E-state index contributed by atoms with van der Waals surface area (Å²) in [6.45, 7) is 2.14. The van der Waals surface area contributed by atoms with Gasteiger partial charge in [-0.15, -0.1) is 12.4 Å². The minimum absolute atomic E-state index is 0. The second-order valence-electron chi connectivity index (χ2n) is 7.06. The summed E-state index contributed by atoms with van der Waals surface area (Å²) in [5.74, 6) is -0.0895. The molecule has 0 radical (unpaired) electrons. The Hall–Kier alpha value is -1.76. The first-order valence-electron chi connectivity index (χ1n) is 9.19. The summed E-state index contributed by atoms with van der Waals surface area (Å²) in [5.41, 5.74) is 1.35. The predicted octanol–water partition coefficient (Wildman–Crippen LogP) is 3.56.